The van der Waals surface area contributed by atoms with E-state index in [1.807, 2.05) is 6.92 Å². The third-order valence-corrected chi connectivity index (χ3v) is 2.90. The zero-order valence-corrected chi connectivity index (χ0v) is 9.11. The molecule has 13 heavy (non-hydrogen) atoms. The lowest BCUT2D eigenvalue weighted by molar-refractivity contribution is 0.189. The normalized spacial score (nSPS) is 12.9. The standard InChI is InChI=1S/C9H16N2OS/c1-6(12)4-5-10-9-11-7(2)8(3)13-9/h6,12H,4-5H2,1-3H3,(H,10,11)/t6-/m0/s1. The van der Waals surface area contributed by atoms with Gasteiger partial charge in [0.05, 0.1) is 11.8 Å². The zero-order chi connectivity index (χ0) is 9.84. The van der Waals surface area contributed by atoms with Crippen molar-refractivity contribution in [1.82, 2.24) is 4.98 Å². The Kier molecular flexibility index (Phi) is 3.69. The average Bonchev–Trinajstić information content (AvgIpc) is 2.30. The van der Waals surface area contributed by atoms with Crippen molar-refractivity contribution in [3.63, 3.8) is 0 Å². The maximum Gasteiger partial charge on any atom is 0.183 e. The van der Waals surface area contributed by atoms with Crippen LogP contribution in [0.15, 0.2) is 0 Å². The number of nitrogens with one attached hydrogen (secondary N) is 1. The summed E-state index contributed by atoms with van der Waals surface area (Å²) in [6, 6.07) is 0. The SMILES string of the molecule is Cc1nc(NCC[C@H](C)O)sc1C. The number of nitrogens with zero attached hydrogens (tertiary/aromatic N) is 1. The van der Waals surface area contributed by atoms with Crippen LogP contribution in [0.2, 0.25) is 0 Å². The summed E-state index contributed by atoms with van der Waals surface area (Å²) in [6.45, 7) is 6.64. The van der Waals surface area contributed by atoms with E-state index in [2.05, 4.69) is 17.2 Å². The van der Waals surface area contributed by atoms with Crippen LogP contribution < -0.4 is 5.32 Å². The molecular formula is C9H16N2OS. The second kappa shape index (κ2) is 4.58. The van der Waals surface area contributed by atoms with Crippen molar-refractivity contribution in [2.24, 2.45) is 0 Å². The molecule has 0 saturated heterocycles. The van der Waals surface area contributed by atoms with Crippen LogP contribution in [0.25, 0.3) is 0 Å². The van der Waals surface area contributed by atoms with Gasteiger partial charge in [-0.05, 0) is 27.2 Å². The Morgan fingerprint density at radius 1 is 1.54 bits per heavy atom. The number of aromatic nitrogens is 1. The summed E-state index contributed by atoms with van der Waals surface area (Å²) >= 11 is 1.66. The first-order chi connectivity index (χ1) is 6.09. The number of rotatable bonds is 4. The van der Waals surface area contributed by atoms with Crippen molar-refractivity contribution in [2.75, 3.05) is 11.9 Å². The van der Waals surface area contributed by atoms with Crippen LogP contribution in [-0.2, 0) is 0 Å². The Labute approximate surface area is 82.8 Å². The molecule has 0 fully saturated rings. The van der Waals surface area contributed by atoms with E-state index in [9.17, 15) is 0 Å². The van der Waals surface area contributed by atoms with E-state index >= 15 is 0 Å². The summed E-state index contributed by atoms with van der Waals surface area (Å²) in [5.41, 5.74) is 1.09. The summed E-state index contributed by atoms with van der Waals surface area (Å²) in [5.74, 6) is 0. The van der Waals surface area contributed by atoms with Crippen molar-refractivity contribution in [2.45, 2.75) is 33.3 Å². The van der Waals surface area contributed by atoms with E-state index in [-0.39, 0.29) is 6.10 Å². The van der Waals surface area contributed by atoms with Gasteiger partial charge < -0.3 is 10.4 Å². The van der Waals surface area contributed by atoms with Gasteiger partial charge in [-0.3, -0.25) is 0 Å². The van der Waals surface area contributed by atoms with E-state index in [1.165, 1.54) is 4.88 Å². The average molecular weight is 200 g/mol. The topological polar surface area (TPSA) is 45.2 Å². The zero-order valence-electron chi connectivity index (χ0n) is 8.29. The summed E-state index contributed by atoms with van der Waals surface area (Å²) in [4.78, 5) is 5.58. The van der Waals surface area contributed by atoms with Gasteiger partial charge in [0.1, 0.15) is 0 Å². The third kappa shape index (κ3) is 3.32. The van der Waals surface area contributed by atoms with Crippen LogP contribution in [0.1, 0.15) is 23.9 Å². The molecule has 0 radical (unpaired) electrons. The largest absolute Gasteiger partial charge is 0.393 e. The highest BCUT2D eigenvalue weighted by atomic mass is 32.1. The van der Waals surface area contributed by atoms with Crippen LogP contribution >= 0.6 is 11.3 Å². The molecule has 0 aliphatic rings. The summed E-state index contributed by atoms with van der Waals surface area (Å²) in [7, 11) is 0. The van der Waals surface area contributed by atoms with Gasteiger partial charge in [-0.1, -0.05) is 0 Å². The molecule has 0 bridgehead atoms. The van der Waals surface area contributed by atoms with Gasteiger partial charge >= 0.3 is 0 Å². The van der Waals surface area contributed by atoms with Gasteiger partial charge in [0.15, 0.2) is 5.13 Å². The molecule has 1 rings (SSSR count). The monoisotopic (exact) mass is 200 g/mol. The highest BCUT2D eigenvalue weighted by Crippen LogP contribution is 2.20. The lowest BCUT2D eigenvalue weighted by Gasteiger charge is -2.03. The fourth-order valence-corrected chi connectivity index (χ4v) is 1.78. The maximum absolute atomic E-state index is 9.03. The predicted octanol–water partition coefficient (Wildman–Crippen LogP) is 1.94. The van der Waals surface area contributed by atoms with E-state index in [1.54, 1.807) is 18.3 Å². The van der Waals surface area contributed by atoms with Gasteiger partial charge in [-0.15, -0.1) is 11.3 Å². The Bertz CT molecular complexity index is 251. The number of thiazole rings is 1. The Hall–Kier alpha value is -0.610. The maximum atomic E-state index is 9.03. The summed E-state index contributed by atoms with van der Waals surface area (Å²) < 4.78 is 0. The Morgan fingerprint density at radius 3 is 2.69 bits per heavy atom. The number of hydrogen-bond acceptors (Lipinski definition) is 4. The van der Waals surface area contributed by atoms with Crippen LogP contribution in [0.5, 0.6) is 0 Å². The third-order valence-electron chi connectivity index (χ3n) is 1.87. The van der Waals surface area contributed by atoms with Crippen LogP contribution in [0.3, 0.4) is 0 Å². The van der Waals surface area contributed by atoms with Crippen molar-refractivity contribution in [1.29, 1.82) is 0 Å². The molecule has 0 spiro atoms. The van der Waals surface area contributed by atoms with Crippen molar-refractivity contribution in [3.8, 4) is 0 Å². The van der Waals surface area contributed by atoms with Gasteiger partial charge in [0.2, 0.25) is 0 Å². The lowest BCUT2D eigenvalue weighted by atomic mass is 10.3. The van der Waals surface area contributed by atoms with Crippen LogP contribution in [0, 0.1) is 13.8 Å². The number of anilines is 1. The van der Waals surface area contributed by atoms with Crippen LogP contribution in [0.4, 0.5) is 5.13 Å². The van der Waals surface area contributed by atoms with E-state index in [0.29, 0.717) is 0 Å². The molecule has 1 atom stereocenters. The first kappa shape index (κ1) is 10.5. The smallest absolute Gasteiger partial charge is 0.183 e. The van der Waals surface area contributed by atoms with Gasteiger partial charge in [-0.25, -0.2) is 4.98 Å². The Balaban J connectivity index is 2.37. The molecule has 1 heterocycles. The van der Waals surface area contributed by atoms with Crippen molar-refractivity contribution in [3.05, 3.63) is 10.6 Å². The summed E-state index contributed by atoms with van der Waals surface area (Å²) in [6.07, 6.45) is 0.521. The minimum Gasteiger partial charge on any atom is -0.393 e. The molecule has 1 aromatic rings. The predicted molar refractivity (Wildman–Crippen MR) is 56.4 cm³/mol. The molecule has 0 saturated carbocycles. The molecular weight excluding hydrogens is 184 g/mol. The molecule has 0 unspecified atom stereocenters. The summed E-state index contributed by atoms with van der Waals surface area (Å²) in [5, 5.41) is 13.2. The lowest BCUT2D eigenvalue weighted by Crippen LogP contribution is -2.09. The van der Waals surface area contributed by atoms with Gasteiger partial charge in [0, 0.05) is 11.4 Å². The molecule has 0 aromatic carbocycles. The quantitative estimate of drug-likeness (QED) is 0.780. The number of aliphatic hydroxyl groups is 1. The molecule has 1 aromatic heterocycles. The highest BCUT2D eigenvalue weighted by Gasteiger charge is 2.02. The fraction of sp³-hybridized carbons (Fsp3) is 0.667. The Morgan fingerprint density at radius 2 is 2.23 bits per heavy atom. The molecule has 0 aliphatic heterocycles. The van der Waals surface area contributed by atoms with E-state index in [4.69, 9.17) is 5.11 Å². The number of aliphatic hydroxyl groups excluding tert-OH is 1. The minimum absolute atomic E-state index is 0.241. The van der Waals surface area contributed by atoms with Crippen molar-refractivity contribution >= 4 is 16.5 Å². The molecule has 0 amide bonds. The number of hydrogen-bond donors (Lipinski definition) is 2. The first-order valence-corrected chi connectivity index (χ1v) is 5.27. The molecule has 2 N–H and O–H groups in total. The number of aryl methyl sites for hydroxylation is 2. The molecule has 4 heteroatoms. The van der Waals surface area contributed by atoms with Crippen molar-refractivity contribution < 1.29 is 5.11 Å². The first-order valence-electron chi connectivity index (χ1n) is 4.45. The minimum atomic E-state index is -0.241. The van der Waals surface area contributed by atoms with Gasteiger partial charge in [-0.2, -0.15) is 0 Å². The van der Waals surface area contributed by atoms with E-state index < -0.39 is 0 Å². The van der Waals surface area contributed by atoms with E-state index in [0.717, 1.165) is 23.8 Å². The fourth-order valence-electron chi connectivity index (χ4n) is 0.936. The molecule has 3 nitrogen and oxygen atoms in total. The second-order valence-corrected chi connectivity index (χ2v) is 4.43. The second-order valence-electron chi connectivity index (χ2n) is 3.23. The molecule has 0 aliphatic carbocycles. The van der Waals surface area contributed by atoms with Gasteiger partial charge in [0.25, 0.3) is 0 Å². The highest BCUT2D eigenvalue weighted by molar-refractivity contribution is 7.15. The van der Waals surface area contributed by atoms with Crippen LogP contribution in [-0.4, -0.2) is 22.7 Å². The molecule has 74 valence electrons.